The smallest absolute Gasteiger partial charge is 0.0304 e. The summed E-state index contributed by atoms with van der Waals surface area (Å²) in [5, 5.41) is 3.85. The van der Waals surface area contributed by atoms with E-state index in [0.717, 1.165) is 12.0 Å². The molecular weight excluding hydrogens is 208 g/mol. The molecule has 100 valence electrons. The Hall–Kier alpha value is -0.0800. The van der Waals surface area contributed by atoms with Gasteiger partial charge in [0.1, 0.15) is 0 Å². The molecule has 2 aliphatic rings. The normalized spacial score (nSPS) is 31.8. The van der Waals surface area contributed by atoms with Gasteiger partial charge in [-0.25, -0.2) is 0 Å². The lowest BCUT2D eigenvalue weighted by Gasteiger charge is -2.51. The van der Waals surface area contributed by atoms with Gasteiger partial charge in [-0.2, -0.15) is 0 Å². The Labute approximate surface area is 107 Å². The van der Waals surface area contributed by atoms with Crippen molar-refractivity contribution < 1.29 is 0 Å². The summed E-state index contributed by atoms with van der Waals surface area (Å²) in [6.45, 7) is 14.3. The second-order valence-corrected chi connectivity index (χ2v) is 6.80. The molecule has 1 atom stereocenters. The molecule has 0 aromatic heterocycles. The van der Waals surface area contributed by atoms with E-state index in [9.17, 15) is 0 Å². The Kier molecular flexibility index (Phi) is 3.57. The highest BCUT2D eigenvalue weighted by Crippen LogP contribution is 2.45. The molecule has 2 nitrogen and oxygen atoms in total. The zero-order valence-electron chi connectivity index (χ0n) is 12.3. The largest absolute Gasteiger partial charge is 0.308 e. The average molecular weight is 238 g/mol. The predicted octanol–water partition coefficient (Wildman–Crippen LogP) is 3.03. The van der Waals surface area contributed by atoms with Gasteiger partial charge in [-0.1, -0.05) is 27.7 Å². The van der Waals surface area contributed by atoms with Gasteiger partial charge in [0.15, 0.2) is 0 Å². The Morgan fingerprint density at radius 1 is 1.24 bits per heavy atom. The van der Waals surface area contributed by atoms with Crippen molar-refractivity contribution in [3.05, 3.63) is 0 Å². The monoisotopic (exact) mass is 238 g/mol. The number of piperazine rings is 1. The molecule has 2 rings (SSSR count). The molecule has 1 heterocycles. The summed E-state index contributed by atoms with van der Waals surface area (Å²) in [4.78, 5) is 2.83. The average Bonchev–Trinajstić information content (AvgIpc) is 3.07. The third-order valence-corrected chi connectivity index (χ3v) is 5.35. The SMILES string of the molecule is CCC1(CC)CN(C2(C)CC2)C(C(C)C)CN1. The van der Waals surface area contributed by atoms with Crippen molar-refractivity contribution in [3.63, 3.8) is 0 Å². The first-order valence-corrected chi connectivity index (χ1v) is 7.48. The number of rotatable bonds is 4. The van der Waals surface area contributed by atoms with Crippen molar-refractivity contribution in [1.29, 1.82) is 0 Å². The second-order valence-electron chi connectivity index (χ2n) is 6.80. The van der Waals surface area contributed by atoms with Gasteiger partial charge in [0.25, 0.3) is 0 Å². The Morgan fingerprint density at radius 3 is 2.24 bits per heavy atom. The van der Waals surface area contributed by atoms with Crippen LogP contribution < -0.4 is 5.32 Å². The lowest BCUT2D eigenvalue weighted by Crippen LogP contribution is -2.67. The summed E-state index contributed by atoms with van der Waals surface area (Å²) >= 11 is 0. The fourth-order valence-corrected chi connectivity index (χ4v) is 3.31. The highest BCUT2D eigenvalue weighted by atomic mass is 15.3. The molecule has 2 heteroatoms. The van der Waals surface area contributed by atoms with Crippen LogP contribution in [0, 0.1) is 5.92 Å². The van der Waals surface area contributed by atoms with E-state index >= 15 is 0 Å². The number of nitrogens with zero attached hydrogens (tertiary/aromatic N) is 1. The molecule has 0 spiro atoms. The third-order valence-electron chi connectivity index (χ3n) is 5.35. The minimum atomic E-state index is 0.372. The van der Waals surface area contributed by atoms with Crippen molar-refractivity contribution in [1.82, 2.24) is 10.2 Å². The molecular formula is C15H30N2. The molecule has 17 heavy (non-hydrogen) atoms. The van der Waals surface area contributed by atoms with Gasteiger partial charge < -0.3 is 5.32 Å². The number of hydrogen-bond acceptors (Lipinski definition) is 2. The van der Waals surface area contributed by atoms with Crippen LogP contribution in [-0.4, -0.2) is 35.1 Å². The molecule has 1 N–H and O–H groups in total. The lowest BCUT2D eigenvalue weighted by atomic mass is 9.85. The van der Waals surface area contributed by atoms with Crippen LogP contribution in [0.1, 0.15) is 60.3 Å². The number of nitrogens with one attached hydrogen (secondary N) is 1. The van der Waals surface area contributed by atoms with Crippen LogP contribution in [0.15, 0.2) is 0 Å². The van der Waals surface area contributed by atoms with Gasteiger partial charge in [0.05, 0.1) is 0 Å². The fourth-order valence-electron chi connectivity index (χ4n) is 3.31. The van der Waals surface area contributed by atoms with E-state index in [1.807, 2.05) is 0 Å². The Bertz CT molecular complexity index is 264. The molecule has 0 amide bonds. The first kappa shape index (κ1) is 13.4. The molecule has 0 aromatic rings. The summed E-state index contributed by atoms with van der Waals surface area (Å²) in [7, 11) is 0. The fraction of sp³-hybridized carbons (Fsp3) is 1.00. The molecule has 1 saturated carbocycles. The van der Waals surface area contributed by atoms with Gasteiger partial charge in [-0.15, -0.1) is 0 Å². The summed E-state index contributed by atoms with van der Waals surface area (Å²) in [6, 6.07) is 0.730. The first-order valence-electron chi connectivity index (χ1n) is 7.48. The van der Waals surface area contributed by atoms with Crippen LogP contribution in [0.2, 0.25) is 0 Å². The highest BCUT2D eigenvalue weighted by Gasteiger charge is 2.50. The maximum absolute atomic E-state index is 3.85. The van der Waals surface area contributed by atoms with E-state index in [4.69, 9.17) is 0 Å². The zero-order chi connectivity index (χ0) is 12.7. The standard InChI is InChI=1S/C15H30N2/c1-6-15(7-2)11-17(14(5)8-9-14)13(10-16-15)12(3)4/h12-13,16H,6-11H2,1-5H3. The topological polar surface area (TPSA) is 15.3 Å². The van der Waals surface area contributed by atoms with Crippen LogP contribution in [0.3, 0.4) is 0 Å². The zero-order valence-corrected chi connectivity index (χ0v) is 12.3. The number of hydrogen-bond donors (Lipinski definition) is 1. The second kappa shape index (κ2) is 4.55. The van der Waals surface area contributed by atoms with Crippen LogP contribution in [0.4, 0.5) is 0 Å². The van der Waals surface area contributed by atoms with E-state index in [1.54, 1.807) is 0 Å². The minimum absolute atomic E-state index is 0.372. The van der Waals surface area contributed by atoms with Crippen molar-refractivity contribution in [2.45, 2.75) is 77.4 Å². The van der Waals surface area contributed by atoms with Crippen LogP contribution >= 0.6 is 0 Å². The maximum atomic E-state index is 3.85. The van der Waals surface area contributed by atoms with E-state index in [1.165, 1.54) is 38.8 Å². The summed E-state index contributed by atoms with van der Waals surface area (Å²) < 4.78 is 0. The van der Waals surface area contributed by atoms with E-state index in [0.29, 0.717) is 11.1 Å². The van der Waals surface area contributed by atoms with Gasteiger partial charge >= 0.3 is 0 Å². The molecule has 1 saturated heterocycles. The summed E-state index contributed by atoms with van der Waals surface area (Å²) in [5.41, 5.74) is 0.892. The molecule has 1 aliphatic carbocycles. The van der Waals surface area contributed by atoms with Gasteiger partial charge in [-0.05, 0) is 38.5 Å². The van der Waals surface area contributed by atoms with E-state index in [-0.39, 0.29) is 0 Å². The predicted molar refractivity (Wildman–Crippen MR) is 74.3 cm³/mol. The Balaban J connectivity index is 2.16. The third kappa shape index (κ3) is 2.39. The van der Waals surface area contributed by atoms with Crippen LogP contribution in [0.25, 0.3) is 0 Å². The lowest BCUT2D eigenvalue weighted by molar-refractivity contribution is 0.0123. The maximum Gasteiger partial charge on any atom is 0.0304 e. The van der Waals surface area contributed by atoms with Gasteiger partial charge in [0, 0.05) is 30.2 Å². The van der Waals surface area contributed by atoms with Crippen molar-refractivity contribution in [2.24, 2.45) is 5.92 Å². The van der Waals surface area contributed by atoms with Crippen LogP contribution in [-0.2, 0) is 0 Å². The molecule has 0 aromatic carbocycles. The molecule has 2 fully saturated rings. The molecule has 1 unspecified atom stereocenters. The van der Waals surface area contributed by atoms with Crippen LogP contribution in [0.5, 0.6) is 0 Å². The first-order chi connectivity index (χ1) is 7.96. The van der Waals surface area contributed by atoms with E-state index < -0.39 is 0 Å². The Morgan fingerprint density at radius 2 is 1.82 bits per heavy atom. The molecule has 0 radical (unpaired) electrons. The molecule has 1 aliphatic heterocycles. The highest BCUT2D eigenvalue weighted by molar-refractivity contribution is 5.08. The van der Waals surface area contributed by atoms with Crippen molar-refractivity contribution in [2.75, 3.05) is 13.1 Å². The summed E-state index contributed by atoms with van der Waals surface area (Å²) in [5.74, 6) is 0.756. The van der Waals surface area contributed by atoms with Gasteiger partial charge in [0.2, 0.25) is 0 Å². The van der Waals surface area contributed by atoms with Gasteiger partial charge in [-0.3, -0.25) is 4.90 Å². The molecule has 0 bridgehead atoms. The quantitative estimate of drug-likeness (QED) is 0.810. The van der Waals surface area contributed by atoms with Crippen molar-refractivity contribution in [3.8, 4) is 0 Å². The van der Waals surface area contributed by atoms with E-state index in [2.05, 4.69) is 44.8 Å². The minimum Gasteiger partial charge on any atom is -0.308 e. The summed E-state index contributed by atoms with van der Waals surface area (Å²) in [6.07, 6.45) is 5.31. The van der Waals surface area contributed by atoms with Crippen molar-refractivity contribution >= 4 is 0 Å².